The van der Waals surface area contributed by atoms with Crippen LogP contribution in [0.5, 0.6) is 0 Å². The molecule has 2 amide bonds. The van der Waals surface area contributed by atoms with E-state index >= 15 is 0 Å². The van der Waals surface area contributed by atoms with E-state index in [9.17, 15) is 9.59 Å². The molecule has 0 radical (unpaired) electrons. The molecule has 3 aromatic rings. The highest BCUT2D eigenvalue weighted by Gasteiger charge is 2.43. The number of amides is 2. The Hall–Kier alpha value is -3.18. The number of benzene rings is 2. The van der Waals surface area contributed by atoms with Crippen molar-refractivity contribution in [1.29, 1.82) is 0 Å². The Balaban J connectivity index is 1.75. The van der Waals surface area contributed by atoms with Gasteiger partial charge in [0.1, 0.15) is 0 Å². The Morgan fingerprint density at radius 3 is 2.44 bits per heavy atom. The van der Waals surface area contributed by atoms with Gasteiger partial charge in [0.2, 0.25) is 18.3 Å². The van der Waals surface area contributed by atoms with Gasteiger partial charge in [-0.15, -0.1) is 0 Å². The summed E-state index contributed by atoms with van der Waals surface area (Å²) in [6.07, 6.45) is 1.82. The van der Waals surface area contributed by atoms with Gasteiger partial charge in [-0.2, -0.15) is 4.57 Å². The zero-order valence-electron chi connectivity index (χ0n) is 14.4. The summed E-state index contributed by atoms with van der Waals surface area (Å²) in [5, 5.41) is 3.49. The number of hydrogen-bond donors (Lipinski definition) is 1. The number of nitrogens with zero attached hydrogens (tertiary/aromatic N) is 2. The number of para-hydroxylation sites is 1. The molecule has 134 valence electrons. The maximum Gasteiger partial charge on any atom is 0.294 e. The minimum atomic E-state index is -0.773. The van der Waals surface area contributed by atoms with Crippen LogP contribution in [0.25, 0.3) is 0 Å². The van der Waals surface area contributed by atoms with Crippen LogP contribution in [0.3, 0.4) is 0 Å². The van der Waals surface area contributed by atoms with Crippen LogP contribution in [0.2, 0.25) is 5.02 Å². The number of carbonyl (C=O) groups is 2. The van der Waals surface area contributed by atoms with Gasteiger partial charge in [-0.05, 0) is 36.4 Å². The number of rotatable bonds is 3. The number of halogens is 1. The van der Waals surface area contributed by atoms with Crippen LogP contribution in [-0.2, 0) is 16.1 Å². The Morgan fingerprint density at radius 1 is 1.00 bits per heavy atom. The minimum absolute atomic E-state index is 0.138. The van der Waals surface area contributed by atoms with Crippen LogP contribution in [-0.4, -0.2) is 11.8 Å². The topological polar surface area (TPSA) is 53.3 Å². The molecule has 1 atom stereocenters. The van der Waals surface area contributed by atoms with E-state index in [1.807, 2.05) is 59.3 Å². The quantitative estimate of drug-likeness (QED) is 0.710. The van der Waals surface area contributed by atoms with Crippen molar-refractivity contribution in [3.05, 3.63) is 89.7 Å². The lowest BCUT2D eigenvalue weighted by Gasteiger charge is -2.32. The number of anilines is 2. The van der Waals surface area contributed by atoms with Crippen LogP contribution in [0, 0.1) is 0 Å². The van der Waals surface area contributed by atoms with Crippen molar-refractivity contribution in [2.45, 2.75) is 12.6 Å². The third-order valence-corrected chi connectivity index (χ3v) is 4.73. The average Bonchev–Trinajstić information content (AvgIpc) is 2.69. The van der Waals surface area contributed by atoms with Crippen molar-refractivity contribution in [2.75, 3.05) is 10.2 Å². The third kappa shape index (κ3) is 3.41. The molecular weight excluding hydrogens is 362 g/mol. The number of hydrogen-bond acceptors (Lipinski definition) is 2. The smallest absolute Gasteiger partial charge is 0.294 e. The summed E-state index contributed by atoms with van der Waals surface area (Å²) in [6.45, 7) is 0.190. The van der Waals surface area contributed by atoms with Crippen molar-refractivity contribution < 1.29 is 14.2 Å². The molecule has 2 heterocycles. The number of pyridine rings is 1. The Bertz CT molecular complexity index is 990. The summed E-state index contributed by atoms with van der Waals surface area (Å²) >= 11 is 5.92. The van der Waals surface area contributed by atoms with E-state index in [1.165, 1.54) is 0 Å². The summed E-state index contributed by atoms with van der Waals surface area (Å²) in [5.41, 5.74) is 2.07. The predicted octanol–water partition coefficient (Wildman–Crippen LogP) is 3.35. The zero-order valence-corrected chi connectivity index (χ0v) is 15.1. The van der Waals surface area contributed by atoms with E-state index in [0.29, 0.717) is 16.4 Å². The summed E-state index contributed by atoms with van der Waals surface area (Å²) in [7, 11) is 0. The van der Waals surface area contributed by atoms with Crippen LogP contribution in [0.1, 0.15) is 11.7 Å². The lowest BCUT2D eigenvalue weighted by atomic mass is 10.0. The molecule has 1 aliphatic rings. The molecule has 0 fully saturated rings. The molecule has 1 aliphatic heterocycles. The molecule has 0 saturated heterocycles. The largest absolute Gasteiger partial charge is 0.324 e. The van der Waals surface area contributed by atoms with Crippen LogP contribution in [0.15, 0.2) is 79.0 Å². The predicted molar refractivity (Wildman–Crippen MR) is 103 cm³/mol. The maximum atomic E-state index is 13.2. The van der Waals surface area contributed by atoms with Gasteiger partial charge in [-0.3, -0.25) is 14.5 Å². The van der Waals surface area contributed by atoms with E-state index in [4.69, 9.17) is 11.6 Å². The highest BCUT2D eigenvalue weighted by atomic mass is 35.5. The van der Waals surface area contributed by atoms with Crippen molar-refractivity contribution >= 4 is 34.8 Å². The highest BCUT2D eigenvalue weighted by Crippen LogP contribution is 2.29. The first-order chi connectivity index (χ1) is 13.1. The van der Waals surface area contributed by atoms with Gasteiger partial charge in [0.25, 0.3) is 11.8 Å². The second-order valence-corrected chi connectivity index (χ2v) is 6.69. The number of carbonyl (C=O) groups excluding carboxylic acids is 2. The molecule has 4 rings (SSSR count). The fourth-order valence-electron chi connectivity index (χ4n) is 3.26. The second kappa shape index (κ2) is 7.21. The standard InChI is InChI=1S/C21H16ClN3O2/c22-15-9-11-16(12-10-15)23-21(27)20-18-8-4-5-13-24(18)14-19(26)25(20)17-6-2-1-3-7-17/h1-13,20H,14H2/p+1/t20-/m0/s1. The molecule has 5 nitrogen and oxygen atoms in total. The molecule has 0 aliphatic carbocycles. The molecule has 0 bridgehead atoms. The van der Waals surface area contributed by atoms with Crippen molar-refractivity contribution in [2.24, 2.45) is 0 Å². The third-order valence-electron chi connectivity index (χ3n) is 4.48. The first-order valence-electron chi connectivity index (χ1n) is 8.55. The lowest BCUT2D eigenvalue weighted by molar-refractivity contribution is -0.695. The van der Waals surface area contributed by atoms with Crippen molar-refractivity contribution in [3.8, 4) is 0 Å². The molecule has 0 spiro atoms. The molecule has 27 heavy (non-hydrogen) atoms. The monoisotopic (exact) mass is 378 g/mol. The molecule has 2 aromatic carbocycles. The van der Waals surface area contributed by atoms with E-state index in [-0.39, 0.29) is 18.4 Å². The molecule has 6 heteroatoms. The Morgan fingerprint density at radius 2 is 1.70 bits per heavy atom. The van der Waals surface area contributed by atoms with Gasteiger partial charge in [0.15, 0.2) is 6.20 Å². The summed E-state index contributed by atoms with van der Waals surface area (Å²) in [6, 6.07) is 20.9. The van der Waals surface area contributed by atoms with Gasteiger partial charge in [-0.25, -0.2) is 0 Å². The van der Waals surface area contributed by atoms with Gasteiger partial charge in [0.05, 0.1) is 0 Å². The molecule has 0 unspecified atom stereocenters. The number of fused-ring (bicyclic) bond motifs is 1. The molecule has 0 saturated carbocycles. The van der Waals surface area contributed by atoms with E-state index < -0.39 is 6.04 Å². The normalized spacial score (nSPS) is 16.0. The first kappa shape index (κ1) is 17.2. The van der Waals surface area contributed by atoms with Crippen LogP contribution >= 0.6 is 11.6 Å². The summed E-state index contributed by atoms with van der Waals surface area (Å²) < 4.78 is 1.81. The average molecular weight is 379 g/mol. The second-order valence-electron chi connectivity index (χ2n) is 6.25. The van der Waals surface area contributed by atoms with E-state index in [0.717, 1.165) is 5.69 Å². The molecule has 1 N–H and O–H groups in total. The SMILES string of the molecule is O=C(Nc1ccc(Cl)cc1)[C@@H]1c2cccc[n+]2CC(=O)N1c1ccccc1. The minimum Gasteiger partial charge on any atom is -0.324 e. The van der Waals surface area contributed by atoms with Crippen molar-refractivity contribution in [1.82, 2.24) is 0 Å². The van der Waals surface area contributed by atoms with Crippen molar-refractivity contribution in [3.63, 3.8) is 0 Å². The lowest BCUT2D eigenvalue weighted by Crippen LogP contribution is -2.58. The van der Waals surface area contributed by atoms with E-state index in [2.05, 4.69) is 5.32 Å². The number of aromatic nitrogens is 1. The van der Waals surface area contributed by atoms with Gasteiger partial charge in [0, 0.05) is 28.5 Å². The Labute approximate surface area is 161 Å². The first-order valence-corrected chi connectivity index (χ1v) is 8.93. The number of nitrogens with one attached hydrogen (secondary N) is 1. The van der Waals surface area contributed by atoms with E-state index in [1.54, 1.807) is 29.2 Å². The fraction of sp³-hybridized carbons (Fsp3) is 0.0952. The summed E-state index contributed by atoms with van der Waals surface area (Å²) in [4.78, 5) is 27.6. The molecule has 1 aromatic heterocycles. The maximum absolute atomic E-state index is 13.2. The zero-order chi connectivity index (χ0) is 18.8. The van der Waals surface area contributed by atoms with Gasteiger partial charge < -0.3 is 5.32 Å². The Kier molecular flexibility index (Phi) is 4.60. The highest BCUT2D eigenvalue weighted by molar-refractivity contribution is 6.30. The molecular formula is C21H17ClN3O2+. The van der Waals surface area contributed by atoms with Gasteiger partial charge >= 0.3 is 0 Å². The van der Waals surface area contributed by atoms with Crippen LogP contribution in [0.4, 0.5) is 11.4 Å². The fourth-order valence-corrected chi connectivity index (χ4v) is 3.38. The summed E-state index contributed by atoms with van der Waals surface area (Å²) in [5.74, 6) is -0.421. The van der Waals surface area contributed by atoms with Gasteiger partial charge in [-0.1, -0.05) is 35.9 Å². The van der Waals surface area contributed by atoms with Crippen LogP contribution < -0.4 is 14.8 Å².